The SMILES string of the molecule is CCCN(C(=O)c1cc(C(C)C)oc1C)C1CCN(C(=O)c2ccccc2)CC1. The van der Waals surface area contributed by atoms with Crippen molar-refractivity contribution >= 4 is 11.8 Å². The zero-order valence-corrected chi connectivity index (χ0v) is 18.0. The smallest absolute Gasteiger partial charge is 0.257 e. The number of furan rings is 1. The molecule has 0 atom stereocenters. The topological polar surface area (TPSA) is 53.8 Å². The minimum absolute atomic E-state index is 0.0489. The van der Waals surface area contributed by atoms with E-state index in [9.17, 15) is 9.59 Å². The Morgan fingerprint density at radius 3 is 2.38 bits per heavy atom. The van der Waals surface area contributed by atoms with E-state index in [1.807, 2.05) is 53.1 Å². The number of aryl methyl sites for hydroxylation is 1. The molecule has 0 N–H and O–H groups in total. The maximum atomic E-state index is 13.3. The lowest BCUT2D eigenvalue weighted by Crippen LogP contribution is -2.49. The van der Waals surface area contributed by atoms with Gasteiger partial charge in [-0.2, -0.15) is 0 Å². The number of hydrogen-bond donors (Lipinski definition) is 0. The van der Waals surface area contributed by atoms with Gasteiger partial charge in [-0.15, -0.1) is 0 Å². The summed E-state index contributed by atoms with van der Waals surface area (Å²) in [6.45, 7) is 10.2. The Hall–Kier alpha value is -2.56. The van der Waals surface area contributed by atoms with Crippen molar-refractivity contribution in [1.82, 2.24) is 9.80 Å². The molecule has 1 aromatic carbocycles. The fourth-order valence-electron chi connectivity index (χ4n) is 3.99. The standard InChI is InChI=1S/C24H32N2O3/c1-5-13-26(24(28)21-16-22(17(2)3)29-18(21)4)20-11-14-25(15-12-20)23(27)19-9-7-6-8-10-19/h6-10,16-17,20H,5,11-15H2,1-4H3. The zero-order chi connectivity index (χ0) is 21.0. The molecular formula is C24H32N2O3. The van der Waals surface area contributed by atoms with Gasteiger partial charge in [0.2, 0.25) is 0 Å². The summed E-state index contributed by atoms with van der Waals surface area (Å²) in [6, 6.07) is 11.5. The first kappa shape index (κ1) is 21.2. The van der Waals surface area contributed by atoms with Crippen LogP contribution in [0.25, 0.3) is 0 Å². The number of hydrogen-bond acceptors (Lipinski definition) is 3. The third-order valence-corrected chi connectivity index (χ3v) is 5.67. The van der Waals surface area contributed by atoms with Crippen LogP contribution in [0.4, 0.5) is 0 Å². The van der Waals surface area contributed by atoms with Gasteiger partial charge >= 0.3 is 0 Å². The molecule has 1 aliphatic heterocycles. The van der Waals surface area contributed by atoms with Crippen LogP contribution >= 0.6 is 0 Å². The van der Waals surface area contributed by atoms with Gasteiger partial charge in [0.15, 0.2) is 0 Å². The van der Waals surface area contributed by atoms with Gasteiger partial charge in [0.05, 0.1) is 5.56 Å². The van der Waals surface area contributed by atoms with Crippen molar-refractivity contribution in [2.45, 2.75) is 58.9 Å². The van der Waals surface area contributed by atoms with Crippen LogP contribution < -0.4 is 0 Å². The number of nitrogens with zero attached hydrogens (tertiary/aromatic N) is 2. The Labute approximate surface area is 173 Å². The second-order valence-electron chi connectivity index (χ2n) is 8.16. The van der Waals surface area contributed by atoms with Crippen molar-refractivity contribution in [3.63, 3.8) is 0 Å². The van der Waals surface area contributed by atoms with Crippen LogP contribution in [-0.2, 0) is 0 Å². The van der Waals surface area contributed by atoms with Crippen LogP contribution in [0.5, 0.6) is 0 Å². The van der Waals surface area contributed by atoms with Crippen molar-refractivity contribution in [3.8, 4) is 0 Å². The number of piperidine rings is 1. The van der Waals surface area contributed by atoms with Gasteiger partial charge in [-0.3, -0.25) is 9.59 Å². The molecule has 2 amide bonds. The van der Waals surface area contributed by atoms with Gasteiger partial charge in [-0.1, -0.05) is 39.0 Å². The molecule has 0 spiro atoms. The van der Waals surface area contributed by atoms with Crippen LogP contribution in [0.2, 0.25) is 0 Å². The number of likely N-dealkylation sites (tertiary alicyclic amines) is 1. The maximum Gasteiger partial charge on any atom is 0.257 e. The van der Waals surface area contributed by atoms with Gasteiger partial charge in [-0.05, 0) is 44.4 Å². The average Bonchev–Trinajstić information content (AvgIpc) is 3.14. The number of carbonyl (C=O) groups excluding carboxylic acids is 2. The molecule has 0 bridgehead atoms. The second kappa shape index (κ2) is 9.29. The summed E-state index contributed by atoms with van der Waals surface area (Å²) >= 11 is 0. The molecule has 156 valence electrons. The van der Waals surface area contributed by atoms with E-state index in [4.69, 9.17) is 4.42 Å². The number of rotatable bonds is 6. The van der Waals surface area contributed by atoms with Crippen molar-refractivity contribution in [2.75, 3.05) is 19.6 Å². The summed E-state index contributed by atoms with van der Waals surface area (Å²) in [6.07, 6.45) is 2.51. The molecule has 2 aromatic rings. The fourth-order valence-corrected chi connectivity index (χ4v) is 3.99. The van der Waals surface area contributed by atoms with Crippen LogP contribution in [0, 0.1) is 6.92 Å². The van der Waals surface area contributed by atoms with Gasteiger partial charge in [0, 0.05) is 37.2 Å². The molecule has 1 aliphatic rings. The Bertz CT molecular complexity index is 833. The van der Waals surface area contributed by atoms with E-state index in [1.54, 1.807) is 0 Å². The van der Waals surface area contributed by atoms with E-state index >= 15 is 0 Å². The number of benzene rings is 1. The summed E-state index contributed by atoms with van der Waals surface area (Å²) in [5.74, 6) is 1.92. The highest BCUT2D eigenvalue weighted by atomic mass is 16.3. The molecule has 0 aliphatic carbocycles. The van der Waals surface area contributed by atoms with Gasteiger partial charge in [-0.25, -0.2) is 0 Å². The molecule has 1 aromatic heterocycles. The quantitative estimate of drug-likeness (QED) is 0.700. The molecule has 5 nitrogen and oxygen atoms in total. The molecule has 1 fully saturated rings. The highest BCUT2D eigenvalue weighted by Crippen LogP contribution is 2.26. The van der Waals surface area contributed by atoms with E-state index in [1.165, 1.54) is 0 Å². The fraction of sp³-hybridized carbons (Fsp3) is 0.500. The highest BCUT2D eigenvalue weighted by molar-refractivity contribution is 5.96. The molecule has 0 saturated carbocycles. The first-order valence-electron chi connectivity index (χ1n) is 10.7. The van der Waals surface area contributed by atoms with Gasteiger partial charge in [0.1, 0.15) is 11.5 Å². The molecule has 0 radical (unpaired) electrons. The lowest BCUT2D eigenvalue weighted by Gasteiger charge is -2.38. The molecule has 2 heterocycles. The summed E-state index contributed by atoms with van der Waals surface area (Å²) < 4.78 is 5.81. The molecule has 0 unspecified atom stereocenters. The molecular weight excluding hydrogens is 364 g/mol. The lowest BCUT2D eigenvalue weighted by molar-refractivity contribution is 0.0518. The summed E-state index contributed by atoms with van der Waals surface area (Å²) in [5.41, 5.74) is 1.40. The summed E-state index contributed by atoms with van der Waals surface area (Å²) in [7, 11) is 0. The third-order valence-electron chi connectivity index (χ3n) is 5.67. The lowest BCUT2D eigenvalue weighted by atomic mass is 10.0. The predicted molar refractivity (Wildman–Crippen MR) is 114 cm³/mol. The van der Waals surface area contributed by atoms with Crippen molar-refractivity contribution in [1.29, 1.82) is 0 Å². The second-order valence-corrected chi connectivity index (χ2v) is 8.16. The minimum Gasteiger partial charge on any atom is -0.465 e. The van der Waals surface area contributed by atoms with Crippen LogP contribution in [0.15, 0.2) is 40.8 Å². The Morgan fingerprint density at radius 1 is 1.17 bits per heavy atom. The Morgan fingerprint density at radius 2 is 1.83 bits per heavy atom. The van der Waals surface area contributed by atoms with Gasteiger partial charge in [0.25, 0.3) is 11.8 Å². The normalized spacial score (nSPS) is 15.0. The van der Waals surface area contributed by atoms with E-state index < -0.39 is 0 Å². The van der Waals surface area contributed by atoms with Crippen molar-refractivity contribution in [3.05, 3.63) is 59.0 Å². The Kier molecular flexibility index (Phi) is 6.78. The third kappa shape index (κ3) is 4.72. The van der Waals surface area contributed by atoms with Crippen LogP contribution in [0.3, 0.4) is 0 Å². The molecule has 29 heavy (non-hydrogen) atoms. The highest BCUT2D eigenvalue weighted by Gasteiger charge is 2.31. The summed E-state index contributed by atoms with van der Waals surface area (Å²) in [5, 5.41) is 0. The van der Waals surface area contributed by atoms with E-state index in [2.05, 4.69) is 20.8 Å². The minimum atomic E-state index is 0.0489. The largest absolute Gasteiger partial charge is 0.465 e. The van der Waals surface area contributed by atoms with E-state index in [-0.39, 0.29) is 23.8 Å². The number of amides is 2. The monoisotopic (exact) mass is 396 g/mol. The van der Waals surface area contributed by atoms with Gasteiger partial charge < -0.3 is 14.2 Å². The zero-order valence-electron chi connectivity index (χ0n) is 18.0. The van der Waals surface area contributed by atoms with E-state index in [0.717, 1.165) is 37.1 Å². The van der Waals surface area contributed by atoms with E-state index in [0.29, 0.717) is 24.4 Å². The van der Waals surface area contributed by atoms with Crippen molar-refractivity contribution in [2.24, 2.45) is 0 Å². The summed E-state index contributed by atoms with van der Waals surface area (Å²) in [4.78, 5) is 29.9. The first-order chi connectivity index (χ1) is 13.9. The predicted octanol–water partition coefficient (Wildman–Crippen LogP) is 4.87. The molecule has 3 rings (SSSR count). The average molecular weight is 397 g/mol. The van der Waals surface area contributed by atoms with Crippen LogP contribution in [-0.4, -0.2) is 47.3 Å². The van der Waals surface area contributed by atoms with Crippen molar-refractivity contribution < 1.29 is 14.0 Å². The van der Waals surface area contributed by atoms with Crippen LogP contribution in [0.1, 0.15) is 78.2 Å². The molecule has 1 saturated heterocycles. The Balaban J connectivity index is 1.69. The molecule has 5 heteroatoms. The maximum absolute atomic E-state index is 13.3. The first-order valence-corrected chi connectivity index (χ1v) is 10.7. The number of carbonyl (C=O) groups is 2.